The first-order chi connectivity index (χ1) is 7.67. The number of rotatable bonds is 3. The van der Waals surface area contributed by atoms with Crippen LogP contribution in [0.15, 0.2) is 0 Å². The second-order valence-corrected chi connectivity index (χ2v) is 5.10. The molecule has 0 saturated heterocycles. The van der Waals surface area contributed by atoms with E-state index in [9.17, 15) is 0 Å². The van der Waals surface area contributed by atoms with Crippen molar-refractivity contribution in [2.75, 3.05) is 41.0 Å². The monoisotopic (exact) mass is 329 g/mol. The fourth-order valence-corrected chi connectivity index (χ4v) is 2.56. The summed E-state index contributed by atoms with van der Waals surface area (Å²) in [7, 11) is 8.84. The van der Waals surface area contributed by atoms with Crippen molar-refractivity contribution in [1.82, 2.24) is 0 Å². The van der Waals surface area contributed by atoms with E-state index in [4.69, 9.17) is 11.6 Å². The molecule has 0 radical (unpaired) electrons. The van der Waals surface area contributed by atoms with E-state index in [0.717, 1.165) is 11.7 Å². The Labute approximate surface area is 139 Å². The largest absolute Gasteiger partial charge is 4.00 e. The molecule has 0 bridgehead atoms. The van der Waals surface area contributed by atoms with E-state index in [1.165, 1.54) is 19.3 Å². The zero-order chi connectivity index (χ0) is 12.8. The molecule has 1 aliphatic carbocycles. The summed E-state index contributed by atoms with van der Waals surface area (Å²) in [6, 6.07) is 0. The Morgan fingerprint density at radius 1 is 1.06 bits per heavy atom. The Kier molecular flexibility index (Phi) is 35.7. The number of halogens is 1. The summed E-state index contributed by atoms with van der Waals surface area (Å²) in [5, 5.41) is 7.43. The number of hydrogen-bond acceptors (Lipinski definition) is 1. The van der Waals surface area contributed by atoms with Crippen LogP contribution in [-0.2, 0) is 21.7 Å². The van der Waals surface area contributed by atoms with Gasteiger partial charge in [0.15, 0.2) is 0 Å². The minimum atomic E-state index is 0. The van der Waals surface area contributed by atoms with Gasteiger partial charge in [0.2, 0.25) is 0 Å². The van der Waals surface area contributed by atoms with Crippen LogP contribution in [-0.4, -0.2) is 46.4 Å². The summed E-state index contributed by atoms with van der Waals surface area (Å²) in [6.07, 6.45) is 3.82. The number of hydrogen-bond donors (Lipinski definition) is 0. The van der Waals surface area contributed by atoms with Gasteiger partial charge in [0, 0.05) is 5.38 Å². The van der Waals surface area contributed by atoms with Crippen molar-refractivity contribution in [1.29, 1.82) is 0 Å². The Morgan fingerprint density at radius 3 is 1.78 bits per heavy atom. The quantitative estimate of drug-likeness (QED) is 0.319. The first kappa shape index (κ1) is 27.6. The van der Waals surface area contributed by atoms with Crippen LogP contribution in [0.4, 0.5) is 0 Å². The molecule has 108 valence electrons. The minimum absolute atomic E-state index is 0. The maximum atomic E-state index is 6.06. The molecular formula is C12H28ClN3STi. The Morgan fingerprint density at radius 2 is 1.50 bits per heavy atom. The van der Waals surface area contributed by atoms with Gasteiger partial charge in [-0.3, -0.25) is 11.9 Å². The third-order valence-electron chi connectivity index (χ3n) is 1.98. The fraction of sp³-hybridized carbons (Fsp3) is 0.917. The van der Waals surface area contributed by atoms with E-state index in [-0.39, 0.29) is 29.1 Å². The van der Waals surface area contributed by atoms with Crippen molar-refractivity contribution >= 4 is 23.5 Å². The van der Waals surface area contributed by atoms with Gasteiger partial charge in [-0.25, -0.2) is 0 Å². The zero-order valence-electron chi connectivity index (χ0n) is 12.6. The molecule has 0 aliphatic heterocycles. The van der Waals surface area contributed by atoms with Crippen LogP contribution in [0, 0.1) is 13.3 Å². The molecule has 0 spiro atoms. The molecule has 2 unspecified atom stereocenters. The van der Waals surface area contributed by atoms with Crippen LogP contribution in [0.3, 0.4) is 0 Å². The average molecular weight is 330 g/mol. The third kappa shape index (κ3) is 19.6. The summed E-state index contributed by atoms with van der Waals surface area (Å²) in [6.45, 7) is 0. The number of nitrogens with zero attached hydrogens (tertiary/aromatic N) is 3. The van der Waals surface area contributed by atoms with Crippen LogP contribution in [0.1, 0.15) is 19.3 Å². The van der Waals surface area contributed by atoms with Crippen molar-refractivity contribution in [2.24, 2.45) is 5.92 Å². The van der Waals surface area contributed by atoms with Crippen LogP contribution in [0.25, 0.3) is 15.4 Å². The first-order valence-electron chi connectivity index (χ1n) is 5.48. The van der Waals surface area contributed by atoms with E-state index in [2.05, 4.69) is 15.4 Å². The van der Waals surface area contributed by atoms with Gasteiger partial charge < -0.3 is 22.8 Å². The second-order valence-electron chi connectivity index (χ2n) is 3.58. The zero-order valence-corrected chi connectivity index (χ0v) is 15.7. The molecule has 1 aliphatic rings. The van der Waals surface area contributed by atoms with E-state index in [1.807, 2.05) is 7.05 Å². The molecule has 0 amide bonds. The molecule has 0 aromatic rings. The SMILES string of the molecule is C[N-]C.C[N-]C.C[N-]SCC1CCCC1Cl.[CH3-].[Ti+4]. The molecular weight excluding hydrogens is 302 g/mol. The number of alkyl halides is 1. The summed E-state index contributed by atoms with van der Waals surface area (Å²) in [5.41, 5.74) is 0. The van der Waals surface area contributed by atoms with Crippen LogP contribution >= 0.6 is 23.5 Å². The molecule has 0 heterocycles. The van der Waals surface area contributed by atoms with Crippen molar-refractivity contribution < 1.29 is 21.7 Å². The van der Waals surface area contributed by atoms with Gasteiger partial charge >= 0.3 is 21.7 Å². The van der Waals surface area contributed by atoms with Gasteiger partial charge in [0.25, 0.3) is 0 Å². The summed E-state index contributed by atoms with van der Waals surface area (Å²) < 4.78 is 3.99. The van der Waals surface area contributed by atoms with E-state index in [0.29, 0.717) is 5.38 Å². The summed E-state index contributed by atoms with van der Waals surface area (Å²) >= 11 is 7.71. The topological polar surface area (TPSA) is 42.3 Å². The van der Waals surface area contributed by atoms with E-state index < -0.39 is 0 Å². The molecule has 1 saturated carbocycles. The van der Waals surface area contributed by atoms with E-state index >= 15 is 0 Å². The molecule has 0 N–H and O–H groups in total. The van der Waals surface area contributed by atoms with Gasteiger partial charge in [-0.05, 0) is 24.5 Å². The molecule has 6 heteroatoms. The second kappa shape index (κ2) is 23.3. The van der Waals surface area contributed by atoms with Crippen molar-refractivity contribution in [3.05, 3.63) is 22.8 Å². The Bertz CT molecular complexity index is 132. The normalized spacial score (nSPS) is 20.3. The van der Waals surface area contributed by atoms with Gasteiger partial charge in [0.1, 0.15) is 0 Å². The summed E-state index contributed by atoms with van der Waals surface area (Å²) in [4.78, 5) is 0. The Hall–Kier alpha value is 1.23. The molecule has 1 rings (SSSR count). The van der Waals surface area contributed by atoms with Crippen molar-refractivity contribution in [3.63, 3.8) is 0 Å². The predicted molar refractivity (Wildman–Crippen MR) is 85.6 cm³/mol. The molecule has 0 aromatic carbocycles. The predicted octanol–water partition coefficient (Wildman–Crippen LogP) is 4.73. The maximum absolute atomic E-state index is 6.06. The summed E-state index contributed by atoms with van der Waals surface area (Å²) in [5.74, 6) is 1.83. The van der Waals surface area contributed by atoms with Gasteiger partial charge in [-0.15, -0.1) is 11.6 Å². The smallest absolute Gasteiger partial charge is 0.668 e. The van der Waals surface area contributed by atoms with Crippen molar-refractivity contribution in [3.8, 4) is 0 Å². The van der Waals surface area contributed by atoms with Gasteiger partial charge in [0.05, 0.1) is 0 Å². The fourth-order valence-electron chi connectivity index (χ4n) is 1.35. The van der Waals surface area contributed by atoms with Crippen LogP contribution in [0.5, 0.6) is 0 Å². The van der Waals surface area contributed by atoms with Crippen molar-refractivity contribution in [2.45, 2.75) is 24.6 Å². The van der Waals surface area contributed by atoms with E-state index in [1.54, 1.807) is 40.1 Å². The molecule has 2 atom stereocenters. The average Bonchev–Trinajstić information content (AvgIpc) is 2.63. The minimum Gasteiger partial charge on any atom is -0.668 e. The maximum Gasteiger partial charge on any atom is 4.00 e. The van der Waals surface area contributed by atoms with Gasteiger partial charge in [-0.2, -0.15) is 35.2 Å². The van der Waals surface area contributed by atoms with Gasteiger partial charge in [-0.1, -0.05) is 6.42 Å². The molecule has 3 nitrogen and oxygen atoms in total. The first-order valence-corrected chi connectivity index (χ1v) is 6.86. The Balaban J connectivity index is -0.000000106. The molecule has 1 fully saturated rings. The molecule has 0 aromatic heterocycles. The third-order valence-corrected chi connectivity index (χ3v) is 3.39. The van der Waals surface area contributed by atoms with Crippen LogP contribution < -0.4 is 0 Å². The van der Waals surface area contributed by atoms with Crippen LogP contribution in [0.2, 0.25) is 0 Å². The standard InChI is InChI=1S/C7H13ClNS.2C2H6N.CH3.Ti/c1-9-10-5-6-3-2-4-7(6)8;2*1-3-2;;/h6-7H,2-5H2,1H3;2*1-2H3;1H3;/q4*-1;+4. The molecule has 18 heavy (non-hydrogen) atoms.